The van der Waals surface area contributed by atoms with E-state index >= 15 is 0 Å². The van der Waals surface area contributed by atoms with Crippen molar-refractivity contribution in [3.8, 4) is 0 Å². The largest absolute Gasteiger partial charge is 0.0698 e. The van der Waals surface area contributed by atoms with Crippen LogP contribution in [0.1, 0.15) is 19.4 Å². The van der Waals surface area contributed by atoms with Gasteiger partial charge in [0.05, 0.1) is 0 Å². The molecule has 1 atom stereocenters. The number of allylic oxidation sites excluding steroid dienone is 8. The fraction of sp³-hybridized carbons (Fsp3) is 0.176. The summed E-state index contributed by atoms with van der Waals surface area (Å²) in [5, 5.41) is 0. The van der Waals surface area contributed by atoms with Crippen LogP contribution in [0.15, 0.2) is 77.4 Å². The predicted octanol–water partition coefficient (Wildman–Crippen LogP) is 4.33. The number of benzene rings is 1. The van der Waals surface area contributed by atoms with Gasteiger partial charge in [0.2, 0.25) is 0 Å². The molecule has 0 saturated heterocycles. The molecule has 1 aromatic carbocycles. The van der Waals surface area contributed by atoms with E-state index in [4.69, 9.17) is 0 Å². The molecule has 0 heterocycles. The van der Waals surface area contributed by atoms with Crippen LogP contribution in [0.5, 0.6) is 0 Å². The Morgan fingerprint density at radius 1 is 1.00 bits per heavy atom. The van der Waals surface area contributed by atoms with Gasteiger partial charge in [-0.2, -0.15) is 0 Å². The van der Waals surface area contributed by atoms with Gasteiger partial charge >= 0.3 is 0 Å². The van der Waals surface area contributed by atoms with Crippen LogP contribution < -0.4 is 0 Å². The van der Waals surface area contributed by atoms with Crippen molar-refractivity contribution in [2.75, 3.05) is 0 Å². The van der Waals surface area contributed by atoms with Crippen LogP contribution in [0.3, 0.4) is 0 Å². The number of rotatable bonds is 1. The third kappa shape index (κ3) is 1.52. The van der Waals surface area contributed by atoms with Gasteiger partial charge in [-0.25, -0.2) is 0 Å². The molecule has 3 rings (SSSR count). The lowest BCUT2D eigenvalue weighted by Gasteiger charge is -2.31. The average Bonchev–Trinajstić information content (AvgIpc) is 2.73. The van der Waals surface area contributed by atoms with Gasteiger partial charge in [0, 0.05) is 5.41 Å². The summed E-state index contributed by atoms with van der Waals surface area (Å²) < 4.78 is 0. The highest BCUT2D eigenvalue weighted by atomic mass is 14.4. The van der Waals surface area contributed by atoms with Crippen LogP contribution >= 0.6 is 0 Å². The Bertz CT molecular complexity index is 567. The standard InChI is InChI=1S/C17H16/c1-13-11-14-7-6-10-17(2,16(14)12-13)15-8-4-3-5-9-15/h3-12H,1-2H3. The molecule has 17 heavy (non-hydrogen) atoms. The van der Waals surface area contributed by atoms with Crippen LogP contribution in [0.25, 0.3) is 0 Å². The Morgan fingerprint density at radius 3 is 2.53 bits per heavy atom. The summed E-state index contributed by atoms with van der Waals surface area (Å²) in [7, 11) is 0. The Balaban J connectivity index is 2.14. The maximum absolute atomic E-state index is 2.31. The van der Waals surface area contributed by atoms with E-state index in [9.17, 15) is 0 Å². The summed E-state index contributed by atoms with van der Waals surface area (Å²) >= 11 is 0. The van der Waals surface area contributed by atoms with Gasteiger partial charge < -0.3 is 0 Å². The third-order valence-electron chi connectivity index (χ3n) is 3.70. The summed E-state index contributed by atoms with van der Waals surface area (Å²) in [6.07, 6.45) is 11.2. The van der Waals surface area contributed by atoms with Crippen LogP contribution in [-0.2, 0) is 5.41 Å². The van der Waals surface area contributed by atoms with Crippen LogP contribution in [0.4, 0.5) is 0 Å². The van der Waals surface area contributed by atoms with Crippen molar-refractivity contribution in [1.29, 1.82) is 0 Å². The summed E-state index contributed by atoms with van der Waals surface area (Å²) in [4.78, 5) is 0. The van der Waals surface area contributed by atoms with Crippen LogP contribution in [0, 0.1) is 0 Å². The second-order valence-electron chi connectivity index (χ2n) is 5.00. The molecule has 0 aromatic heterocycles. The van der Waals surface area contributed by atoms with E-state index in [1.165, 1.54) is 22.3 Å². The second kappa shape index (κ2) is 3.59. The van der Waals surface area contributed by atoms with E-state index in [-0.39, 0.29) is 5.41 Å². The quantitative estimate of drug-likeness (QED) is 0.661. The van der Waals surface area contributed by atoms with Crippen molar-refractivity contribution in [1.82, 2.24) is 0 Å². The Kier molecular flexibility index (Phi) is 2.19. The monoisotopic (exact) mass is 220 g/mol. The maximum Gasteiger partial charge on any atom is 0.0362 e. The highest BCUT2D eigenvalue weighted by Crippen LogP contribution is 2.43. The van der Waals surface area contributed by atoms with Gasteiger partial charge in [0.1, 0.15) is 0 Å². The number of fused-ring (bicyclic) bond motifs is 1. The summed E-state index contributed by atoms with van der Waals surface area (Å²) in [5.41, 5.74) is 5.49. The predicted molar refractivity (Wildman–Crippen MR) is 72.9 cm³/mol. The zero-order valence-electron chi connectivity index (χ0n) is 10.3. The fourth-order valence-electron chi connectivity index (χ4n) is 2.73. The molecule has 0 nitrogen and oxygen atoms in total. The molecule has 2 aliphatic rings. The smallest absolute Gasteiger partial charge is 0.0362 e. The van der Waals surface area contributed by atoms with E-state index in [2.05, 4.69) is 74.6 Å². The molecule has 1 unspecified atom stereocenters. The van der Waals surface area contributed by atoms with Gasteiger partial charge in [0.25, 0.3) is 0 Å². The molecule has 1 aromatic rings. The molecular formula is C17H16. The summed E-state index contributed by atoms with van der Waals surface area (Å²) in [5.74, 6) is 0. The molecule has 0 spiro atoms. The first-order chi connectivity index (χ1) is 8.20. The molecule has 0 radical (unpaired) electrons. The second-order valence-corrected chi connectivity index (χ2v) is 5.00. The topological polar surface area (TPSA) is 0 Å². The van der Waals surface area contributed by atoms with Crippen molar-refractivity contribution < 1.29 is 0 Å². The fourth-order valence-corrected chi connectivity index (χ4v) is 2.73. The van der Waals surface area contributed by atoms with Crippen molar-refractivity contribution in [2.45, 2.75) is 19.3 Å². The zero-order valence-corrected chi connectivity index (χ0v) is 10.3. The lowest BCUT2D eigenvalue weighted by Crippen LogP contribution is -2.23. The Hall–Kier alpha value is -1.82. The van der Waals surface area contributed by atoms with Gasteiger partial charge in [-0.15, -0.1) is 0 Å². The first kappa shape index (κ1) is 10.3. The SMILES string of the molecule is CC1=CC2=CC=CC(C)(c3ccccc3)C2=C1. The Morgan fingerprint density at radius 2 is 1.76 bits per heavy atom. The van der Waals surface area contributed by atoms with E-state index < -0.39 is 0 Å². The van der Waals surface area contributed by atoms with Gasteiger partial charge in [-0.1, -0.05) is 66.3 Å². The van der Waals surface area contributed by atoms with Crippen LogP contribution in [-0.4, -0.2) is 0 Å². The normalized spacial score (nSPS) is 26.1. The average molecular weight is 220 g/mol. The molecule has 2 aliphatic carbocycles. The molecule has 0 heteroatoms. The van der Waals surface area contributed by atoms with E-state index in [1.54, 1.807) is 0 Å². The van der Waals surface area contributed by atoms with Crippen molar-refractivity contribution in [3.05, 3.63) is 83.0 Å². The lowest BCUT2D eigenvalue weighted by atomic mass is 9.71. The van der Waals surface area contributed by atoms with Crippen molar-refractivity contribution in [2.24, 2.45) is 0 Å². The first-order valence-electron chi connectivity index (χ1n) is 6.06. The Labute approximate surface area is 103 Å². The molecule has 0 N–H and O–H groups in total. The van der Waals surface area contributed by atoms with Gasteiger partial charge in [0.15, 0.2) is 0 Å². The van der Waals surface area contributed by atoms with Crippen molar-refractivity contribution >= 4 is 0 Å². The first-order valence-corrected chi connectivity index (χ1v) is 6.06. The molecule has 0 saturated carbocycles. The molecule has 0 aliphatic heterocycles. The summed E-state index contributed by atoms with van der Waals surface area (Å²) in [6, 6.07) is 10.7. The van der Waals surface area contributed by atoms with Gasteiger partial charge in [-0.3, -0.25) is 0 Å². The third-order valence-corrected chi connectivity index (χ3v) is 3.70. The van der Waals surface area contributed by atoms with E-state index in [0.29, 0.717) is 0 Å². The van der Waals surface area contributed by atoms with Crippen LogP contribution in [0.2, 0.25) is 0 Å². The molecular weight excluding hydrogens is 204 g/mol. The van der Waals surface area contributed by atoms with E-state index in [1.807, 2.05) is 0 Å². The minimum absolute atomic E-state index is 0.0135. The number of hydrogen-bond donors (Lipinski definition) is 0. The minimum Gasteiger partial charge on any atom is -0.0698 e. The maximum atomic E-state index is 2.31. The molecule has 0 fully saturated rings. The highest BCUT2D eigenvalue weighted by Gasteiger charge is 2.33. The highest BCUT2D eigenvalue weighted by molar-refractivity contribution is 5.64. The molecule has 0 bridgehead atoms. The molecule has 0 amide bonds. The summed E-state index contributed by atoms with van der Waals surface area (Å²) in [6.45, 7) is 4.46. The zero-order chi connectivity index (χ0) is 11.9. The lowest BCUT2D eigenvalue weighted by molar-refractivity contribution is 0.712. The van der Waals surface area contributed by atoms with E-state index in [0.717, 1.165) is 0 Å². The molecule has 84 valence electrons. The van der Waals surface area contributed by atoms with Crippen molar-refractivity contribution in [3.63, 3.8) is 0 Å². The van der Waals surface area contributed by atoms with Gasteiger partial charge in [-0.05, 0) is 30.6 Å². The minimum atomic E-state index is 0.0135. The number of hydrogen-bond acceptors (Lipinski definition) is 0.